The minimum atomic E-state index is -2.56. The standard InChI is InChI=1S/C6H7F2N3O/c7-6(8)1-3(2-6)4-10-5(9)12-11-4/h3H,1-2H2,(H2,9,10,11). The van der Waals surface area contributed by atoms with Crippen molar-refractivity contribution in [2.45, 2.75) is 24.7 Å². The van der Waals surface area contributed by atoms with E-state index in [4.69, 9.17) is 5.73 Å². The second-order valence-electron chi connectivity index (χ2n) is 2.95. The van der Waals surface area contributed by atoms with E-state index in [1.807, 2.05) is 0 Å². The highest BCUT2D eigenvalue weighted by Gasteiger charge is 2.47. The molecule has 1 aromatic heterocycles. The molecule has 0 bridgehead atoms. The molecule has 1 fully saturated rings. The molecule has 6 heteroatoms. The Labute approximate surface area is 66.7 Å². The molecule has 1 saturated carbocycles. The third-order valence-electron chi connectivity index (χ3n) is 1.91. The molecular formula is C6H7F2N3O. The molecule has 0 unspecified atom stereocenters. The van der Waals surface area contributed by atoms with Gasteiger partial charge in [-0.05, 0) is 0 Å². The summed E-state index contributed by atoms with van der Waals surface area (Å²) in [6.45, 7) is 0. The molecule has 1 aliphatic rings. The normalized spacial score (nSPS) is 22.2. The molecule has 0 aliphatic heterocycles. The number of aromatic nitrogens is 2. The monoisotopic (exact) mass is 175 g/mol. The lowest BCUT2D eigenvalue weighted by molar-refractivity contribution is -0.0888. The van der Waals surface area contributed by atoms with Crippen molar-refractivity contribution < 1.29 is 13.3 Å². The van der Waals surface area contributed by atoms with E-state index in [0.717, 1.165) is 0 Å². The largest absolute Gasteiger partial charge is 0.351 e. The molecule has 1 aromatic rings. The van der Waals surface area contributed by atoms with Gasteiger partial charge in [0, 0.05) is 18.8 Å². The van der Waals surface area contributed by atoms with E-state index in [-0.39, 0.29) is 24.8 Å². The number of alkyl halides is 2. The van der Waals surface area contributed by atoms with Crippen molar-refractivity contribution in [3.05, 3.63) is 5.82 Å². The van der Waals surface area contributed by atoms with E-state index in [1.165, 1.54) is 0 Å². The highest BCUT2D eigenvalue weighted by atomic mass is 19.3. The highest BCUT2D eigenvalue weighted by molar-refractivity contribution is 5.13. The average Bonchev–Trinajstić information content (AvgIpc) is 2.30. The number of nitrogen functional groups attached to an aromatic ring is 1. The first-order chi connectivity index (χ1) is 5.57. The van der Waals surface area contributed by atoms with Crippen molar-refractivity contribution in [1.82, 2.24) is 10.1 Å². The van der Waals surface area contributed by atoms with E-state index in [9.17, 15) is 8.78 Å². The lowest BCUT2D eigenvalue weighted by atomic mass is 9.81. The second kappa shape index (κ2) is 2.15. The number of hydrogen-bond donors (Lipinski definition) is 1. The van der Waals surface area contributed by atoms with Crippen molar-refractivity contribution >= 4 is 6.01 Å². The fraction of sp³-hybridized carbons (Fsp3) is 0.667. The Morgan fingerprint density at radius 2 is 2.17 bits per heavy atom. The lowest BCUT2D eigenvalue weighted by Gasteiger charge is -2.32. The van der Waals surface area contributed by atoms with Gasteiger partial charge in [0.25, 0.3) is 0 Å². The molecule has 0 saturated heterocycles. The summed E-state index contributed by atoms with van der Waals surface area (Å²) < 4.78 is 29.2. The van der Waals surface area contributed by atoms with Crippen molar-refractivity contribution in [1.29, 1.82) is 0 Å². The molecule has 1 heterocycles. The summed E-state index contributed by atoms with van der Waals surface area (Å²) >= 11 is 0. The van der Waals surface area contributed by atoms with Crippen LogP contribution in [0.3, 0.4) is 0 Å². The van der Waals surface area contributed by atoms with Gasteiger partial charge >= 0.3 is 6.01 Å². The van der Waals surface area contributed by atoms with E-state index in [0.29, 0.717) is 5.82 Å². The molecule has 0 radical (unpaired) electrons. The van der Waals surface area contributed by atoms with Crippen LogP contribution in [-0.2, 0) is 0 Å². The zero-order valence-corrected chi connectivity index (χ0v) is 6.13. The maximum absolute atomic E-state index is 12.4. The average molecular weight is 175 g/mol. The first-order valence-corrected chi connectivity index (χ1v) is 3.54. The Morgan fingerprint density at radius 3 is 2.58 bits per heavy atom. The van der Waals surface area contributed by atoms with Gasteiger partial charge in [-0.3, -0.25) is 0 Å². The predicted octanol–water partition coefficient (Wildman–Crippen LogP) is 1.16. The van der Waals surface area contributed by atoms with Crippen LogP contribution in [0.1, 0.15) is 24.6 Å². The third-order valence-corrected chi connectivity index (χ3v) is 1.91. The first kappa shape index (κ1) is 7.45. The van der Waals surface area contributed by atoms with E-state index >= 15 is 0 Å². The minimum Gasteiger partial charge on any atom is -0.351 e. The molecule has 2 N–H and O–H groups in total. The summed E-state index contributed by atoms with van der Waals surface area (Å²) in [6, 6.07) is -0.0692. The number of hydrogen-bond acceptors (Lipinski definition) is 4. The van der Waals surface area contributed by atoms with Crippen molar-refractivity contribution in [2.75, 3.05) is 5.73 Å². The van der Waals surface area contributed by atoms with Crippen molar-refractivity contribution in [3.8, 4) is 0 Å². The second-order valence-corrected chi connectivity index (χ2v) is 2.95. The number of nitrogens with two attached hydrogens (primary N) is 1. The smallest absolute Gasteiger partial charge is 0.318 e. The van der Waals surface area contributed by atoms with Crippen molar-refractivity contribution in [2.24, 2.45) is 0 Å². The van der Waals surface area contributed by atoms with Gasteiger partial charge in [0.05, 0.1) is 0 Å². The SMILES string of the molecule is Nc1nc(C2CC(F)(F)C2)no1. The zero-order valence-electron chi connectivity index (χ0n) is 6.13. The molecule has 0 amide bonds. The maximum atomic E-state index is 12.4. The van der Waals surface area contributed by atoms with Crippen LogP contribution in [0.4, 0.5) is 14.8 Å². The molecule has 4 nitrogen and oxygen atoms in total. The van der Waals surface area contributed by atoms with Gasteiger partial charge in [-0.15, -0.1) is 0 Å². The summed E-state index contributed by atoms with van der Waals surface area (Å²) in [6.07, 6.45) is -0.405. The molecule has 0 atom stereocenters. The van der Waals surface area contributed by atoms with Crippen LogP contribution >= 0.6 is 0 Å². The lowest BCUT2D eigenvalue weighted by Crippen LogP contribution is -2.34. The summed E-state index contributed by atoms with van der Waals surface area (Å²) in [5, 5.41) is 3.46. The fourth-order valence-corrected chi connectivity index (χ4v) is 1.26. The maximum Gasteiger partial charge on any atom is 0.318 e. The van der Waals surface area contributed by atoms with Gasteiger partial charge < -0.3 is 10.3 Å². The van der Waals surface area contributed by atoms with Crippen LogP contribution in [0.15, 0.2) is 4.52 Å². The topological polar surface area (TPSA) is 64.9 Å². The van der Waals surface area contributed by atoms with Crippen LogP contribution in [0.5, 0.6) is 0 Å². The Hall–Kier alpha value is -1.20. The summed E-state index contributed by atoms with van der Waals surface area (Å²) in [7, 11) is 0. The minimum absolute atomic E-state index is 0.0692. The van der Waals surface area contributed by atoms with Gasteiger partial charge in [0.2, 0.25) is 5.92 Å². The molecule has 2 rings (SSSR count). The molecule has 0 aromatic carbocycles. The van der Waals surface area contributed by atoms with Crippen LogP contribution in [-0.4, -0.2) is 16.1 Å². The molecule has 66 valence electrons. The van der Waals surface area contributed by atoms with Gasteiger partial charge in [0.15, 0.2) is 5.82 Å². The summed E-state index contributed by atoms with van der Waals surface area (Å²) in [5.41, 5.74) is 5.14. The number of halogens is 2. The summed E-state index contributed by atoms with van der Waals surface area (Å²) in [5.74, 6) is -2.56. The summed E-state index contributed by atoms with van der Waals surface area (Å²) in [4.78, 5) is 3.66. The molecule has 0 spiro atoms. The van der Waals surface area contributed by atoms with Gasteiger partial charge in [-0.1, -0.05) is 5.16 Å². The van der Waals surface area contributed by atoms with E-state index < -0.39 is 5.92 Å². The number of anilines is 1. The van der Waals surface area contributed by atoms with Gasteiger partial charge in [0.1, 0.15) is 0 Å². The van der Waals surface area contributed by atoms with E-state index in [2.05, 4.69) is 14.7 Å². The fourth-order valence-electron chi connectivity index (χ4n) is 1.26. The highest BCUT2D eigenvalue weighted by Crippen LogP contribution is 2.47. The van der Waals surface area contributed by atoms with Crippen LogP contribution in [0.2, 0.25) is 0 Å². The quantitative estimate of drug-likeness (QED) is 0.695. The predicted molar refractivity (Wildman–Crippen MR) is 35.6 cm³/mol. The Bertz CT molecular complexity index is 291. The van der Waals surface area contributed by atoms with Crippen molar-refractivity contribution in [3.63, 3.8) is 0 Å². The van der Waals surface area contributed by atoms with Crippen LogP contribution in [0, 0.1) is 0 Å². The number of nitrogens with zero attached hydrogens (tertiary/aromatic N) is 2. The molecule has 12 heavy (non-hydrogen) atoms. The number of rotatable bonds is 1. The molecule has 1 aliphatic carbocycles. The Morgan fingerprint density at radius 1 is 1.50 bits per heavy atom. The third kappa shape index (κ3) is 1.13. The van der Waals surface area contributed by atoms with Gasteiger partial charge in [-0.25, -0.2) is 8.78 Å². The Kier molecular flexibility index (Phi) is 1.33. The zero-order chi connectivity index (χ0) is 8.77. The first-order valence-electron chi connectivity index (χ1n) is 3.54. The van der Waals surface area contributed by atoms with Crippen LogP contribution in [0.25, 0.3) is 0 Å². The Balaban J connectivity index is 2.06. The van der Waals surface area contributed by atoms with Crippen LogP contribution < -0.4 is 5.73 Å². The molecular weight excluding hydrogens is 168 g/mol. The van der Waals surface area contributed by atoms with E-state index in [1.54, 1.807) is 0 Å². The van der Waals surface area contributed by atoms with Gasteiger partial charge in [-0.2, -0.15) is 4.98 Å².